The average Bonchev–Trinajstić information content (AvgIpc) is 3.71. The second-order valence-corrected chi connectivity index (χ2v) is 16.0. The van der Waals surface area contributed by atoms with Gasteiger partial charge >= 0.3 is 0 Å². The van der Waals surface area contributed by atoms with Gasteiger partial charge in [-0.25, -0.2) is 15.0 Å². The number of benzene rings is 2. The lowest BCUT2D eigenvalue weighted by Crippen LogP contribution is -2.40. The molecule has 5 nitrogen and oxygen atoms in total. The third kappa shape index (κ3) is 5.21. The van der Waals surface area contributed by atoms with E-state index < -0.39 is 0 Å². The van der Waals surface area contributed by atoms with Crippen LogP contribution < -0.4 is 4.90 Å². The molecule has 0 amide bonds. The van der Waals surface area contributed by atoms with Gasteiger partial charge in [0.25, 0.3) is 0 Å². The van der Waals surface area contributed by atoms with Gasteiger partial charge < -0.3 is 9.80 Å². The van der Waals surface area contributed by atoms with Gasteiger partial charge in [0.15, 0.2) is 5.82 Å². The Morgan fingerprint density at radius 3 is 2.43 bits per heavy atom. The van der Waals surface area contributed by atoms with E-state index in [1.807, 2.05) is 0 Å². The number of rotatable bonds is 5. The SMILES string of the molecule is CC1CCCCC1c1nc(-c2ccccc2N2c3ccccc3C3C=CC=CC32)nc(C2CC=CC=C2N2C3C=CCCC3C3C=CCCC32)n1. The fourth-order valence-corrected chi connectivity index (χ4v) is 10.9. The monoisotopic (exact) mass is 671 g/mol. The van der Waals surface area contributed by atoms with E-state index in [4.69, 9.17) is 15.0 Å². The van der Waals surface area contributed by atoms with Crippen LogP contribution in [0.3, 0.4) is 0 Å². The van der Waals surface area contributed by atoms with Gasteiger partial charge in [0, 0.05) is 40.7 Å². The van der Waals surface area contributed by atoms with Gasteiger partial charge in [-0.15, -0.1) is 0 Å². The summed E-state index contributed by atoms with van der Waals surface area (Å²) in [7, 11) is 0. The molecule has 10 rings (SSSR count). The Morgan fingerprint density at radius 2 is 1.49 bits per heavy atom. The van der Waals surface area contributed by atoms with E-state index >= 15 is 0 Å². The van der Waals surface area contributed by atoms with Crippen LogP contribution in [-0.4, -0.2) is 38.0 Å². The van der Waals surface area contributed by atoms with Crippen molar-refractivity contribution >= 4 is 11.4 Å². The number of fused-ring (bicyclic) bond motifs is 6. The molecule has 2 aromatic carbocycles. The van der Waals surface area contributed by atoms with Crippen LogP contribution in [0.5, 0.6) is 0 Å². The summed E-state index contributed by atoms with van der Waals surface area (Å²) in [6.07, 6.45) is 36.8. The average molecular weight is 672 g/mol. The first-order valence-corrected chi connectivity index (χ1v) is 19.8. The molecule has 5 aliphatic carbocycles. The smallest absolute Gasteiger partial charge is 0.165 e. The van der Waals surface area contributed by atoms with Gasteiger partial charge in [-0.3, -0.25) is 0 Å². The highest BCUT2D eigenvalue weighted by Crippen LogP contribution is 2.52. The predicted molar refractivity (Wildman–Crippen MR) is 207 cm³/mol. The molecule has 5 heteroatoms. The Bertz CT molecular complexity index is 2000. The second-order valence-electron chi connectivity index (χ2n) is 16.0. The molecule has 258 valence electrons. The number of likely N-dealkylation sites (tertiary alicyclic amines) is 1. The van der Waals surface area contributed by atoms with Crippen molar-refractivity contribution in [3.8, 4) is 11.4 Å². The molecule has 0 N–H and O–H groups in total. The molecular weight excluding hydrogens is 623 g/mol. The first-order valence-electron chi connectivity index (χ1n) is 19.8. The Balaban J connectivity index is 1.11. The molecule has 0 bridgehead atoms. The van der Waals surface area contributed by atoms with Gasteiger partial charge in [0.2, 0.25) is 0 Å². The summed E-state index contributed by atoms with van der Waals surface area (Å²) in [4.78, 5) is 21.9. The van der Waals surface area contributed by atoms with E-state index in [9.17, 15) is 0 Å². The Labute approximate surface area is 303 Å². The van der Waals surface area contributed by atoms with Crippen molar-refractivity contribution in [2.75, 3.05) is 4.90 Å². The van der Waals surface area contributed by atoms with Crippen LogP contribution in [0.15, 0.2) is 121 Å². The van der Waals surface area contributed by atoms with Crippen molar-refractivity contribution in [2.24, 2.45) is 17.8 Å². The number of para-hydroxylation sites is 2. The number of nitrogens with zero attached hydrogens (tertiary/aromatic N) is 5. The third-order valence-electron chi connectivity index (χ3n) is 13.3. The van der Waals surface area contributed by atoms with Crippen LogP contribution in [0.25, 0.3) is 11.4 Å². The predicted octanol–water partition coefficient (Wildman–Crippen LogP) is 10.5. The van der Waals surface area contributed by atoms with E-state index in [2.05, 4.69) is 132 Å². The lowest BCUT2D eigenvalue weighted by molar-refractivity contribution is 0.229. The molecule has 2 aliphatic heterocycles. The highest BCUT2D eigenvalue weighted by molar-refractivity contribution is 5.84. The van der Waals surface area contributed by atoms with Crippen molar-refractivity contribution in [1.82, 2.24) is 19.9 Å². The summed E-state index contributed by atoms with van der Waals surface area (Å²) in [6, 6.07) is 19.0. The van der Waals surface area contributed by atoms with Crippen molar-refractivity contribution in [3.63, 3.8) is 0 Å². The maximum absolute atomic E-state index is 5.55. The molecule has 9 atom stereocenters. The molecule has 3 aromatic rings. The normalized spacial score (nSPS) is 33.1. The molecule has 2 fully saturated rings. The van der Waals surface area contributed by atoms with Crippen LogP contribution in [0.4, 0.5) is 11.4 Å². The quantitative estimate of drug-likeness (QED) is 0.253. The second kappa shape index (κ2) is 12.9. The van der Waals surface area contributed by atoms with Crippen LogP contribution in [0, 0.1) is 17.8 Å². The van der Waals surface area contributed by atoms with E-state index in [-0.39, 0.29) is 12.0 Å². The lowest BCUT2D eigenvalue weighted by Gasteiger charge is -2.39. The number of hydrogen-bond donors (Lipinski definition) is 0. The van der Waals surface area contributed by atoms with Crippen molar-refractivity contribution in [3.05, 3.63) is 138 Å². The van der Waals surface area contributed by atoms with E-state index in [0.29, 0.717) is 41.7 Å². The third-order valence-corrected chi connectivity index (χ3v) is 13.3. The topological polar surface area (TPSA) is 45.2 Å². The van der Waals surface area contributed by atoms with Gasteiger partial charge in [0.05, 0.1) is 23.7 Å². The van der Waals surface area contributed by atoms with Crippen LogP contribution in [-0.2, 0) is 0 Å². The van der Waals surface area contributed by atoms with Crippen LogP contribution in [0.1, 0.15) is 99.7 Å². The van der Waals surface area contributed by atoms with E-state index in [1.54, 1.807) is 0 Å². The maximum Gasteiger partial charge on any atom is 0.165 e. The van der Waals surface area contributed by atoms with Gasteiger partial charge in [-0.1, -0.05) is 117 Å². The zero-order valence-corrected chi connectivity index (χ0v) is 29.8. The lowest BCUT2D eigenvalue weighted by atomic mass is 9.78. The number of allylic oxidation sites excluding steroid dienone is 8. The van der Waals surface area contributed by atoms with Crippen LogP contribution >= 0.6 is 0 Å². The fourth-order valence-electron chi connectivity index (χ4n) is 10.9. The number of anilines is 2. The summed E-state index contributed by atoms with van der Waals surface area (Å²) in [5.41, 5.74) is 6.32. The van der Waals surface area contributed by atoms with Crippen molar-refractivity contribution < 1.29 is 0 Å². The van der Waals surface area contributed by atoms with Gasteiger partial charge in [-0.2, -0.15) is 0 Å². The van der Waals surface area contributed by atoms with Gasteiger partial charge in [0.1, 0.15) is 11.6 Å². The maximum atomic E-state index is 5.55. The largest absolute Gasteiger partial charge is 0.364 e. The Kier molecular flexibility index (Phi) is 7.91. The number of hydrogen-bond acceptors (Lipinski definition) is 5. The van der Waals surface area contributed by atoms with Crippen molar-refractivity contribution in [1.29, 1.82) is 0 Å². The molecule has 9 unspecified atom stereocenters. The fraction of sp³-hybridized carbons (Fsp3) is 0.413. The highest BCUT2D eigenvalue weighted by Gasteiger charge is 2.49. The summed E-state index contributed by atoms with van der Waals surface area (Å²) in [6.45, 7) is 2.41. The molecule has 1 saturated heterocycles. The zero-order chi connectivity index (χ0) is 33.9. The first kappa shape index (κ1) is 31.2. The Hall–Kier alpha value is -4.51. The highest BCUT2D eigenvalue weighted by atomic mass is 15.2. The van der Waals surface area contributed by atoms with Crippen LogP contribution in [0.2, 0.25) is 0 Å². The molecule has 0 spiro atoms. The van der Waals surface area contributed by atoms with E-state index in [0.717, 1.165) is 42.3 Å². The molecular formula is C46H49N5. The first-order chi connectivity index (χ1) is 25.2. The van der Waals surface area contributed by atoms with Crippen molar-refractivity contribution in [2.45, 2.75) is 101 Å². The van der Waals surface area contributed by atoms with Gasteiger partial charge in [-0.05, 0) is 80.2 Å². The summed E-state index contributed by atoms with van der Waals surface area (Å²) in [5, 5.41) is 0. The number of aromatic nitrogens is 3. The summed E-state index contributed by atoms with van der Waals surface area (Å²) < 4.78 is 0. The Morgan fingerprint density at radius 1 is 0.686 bits per heavy atom. The minimum absolute atomic E-state index is 0.102. The molecule has 51 heavy (non-hydrogen) atoms. The molecule has 7 aliphatic rings. The minimum Gasteiger partial charge on any atom is -0.364 e. The summed E-state index contributed by atoms with van der Waals surface area (Å²) in [5.74, 6) is 5.41. The molecule has 0 radical (unpaired) electrons. The summed E-state index contributed by atoms with van der Waals surface area (Å²) >= 11 is 0. The molecule has 3 heterocycles. The van der Waals surface area contributed by atoms with E-state index in [1.165, 1.54) is 61.2 Å². The zero-order valence-electron chi connectivity index (χ0n) is 29.8. The minimum atomic E-state index is 0.102. The molecule has 1 aromatic heterocycles. The molecule has 1 saturated carbocycles. The standard InChI is InChI=1S/C46H49N5/c1-30-16-2-3-17-31(30)44-47-45(36-22-8-14-28-42(36)50-38-24-10-4-18-32(38)33-19-5-11-25-39(33)50)49-46(48-44)37-23-9-15-29-43(37)51-40-26-12-6-20-34(40)35-21-7-13-27-41(35)51/h4-6,8-11,13-15,18-20,22,24-25,27-32,34-35,37-38,40-41H,2-3,7,12,16-17,21,23,26H2,1H3.